The van der Waals surface area contributed by atoms with Crippen LogP contribution in [0.15, 0.2) is 48.7 Å². The van der Waals surface area contributed by atoms with Gasteiger partial charge in [-0.25, -0.2) is 19.7 Å². The predicted molar refractivity (Wildman–Crippen MR) is 148 cm³/mol. The average molecular weight is 519 g/mol. The molecule has 2 amide bonds. The molecule has 0 aliphatic heterocycles. The van der Waals surface area contributed by atoms with Crippen LogP contribution in [0.3, 0.4) is 0 Å². The summed E-state index contributed by atoms with van der Waals surface area (Å²) in [5.41, 5.74) is 7.98. The molecule has 0 aliphatic rings. The molecule has 3 rings (SSSR count). The van der Waals surface area contributed by atoms with Crippen molar-refractivity contribution in [3.63, 3.8) is 0 Å². The van der Waals surface area contributed by atoms with E-state index in [2.05, 4.69) is 15.3 Å². The van der Waals surface area contributed by atoms with Gasteiger partial charge in [-0.3, -0.25) is 4.79 Å². The van der Waals surface area contributed by atoms with Gasteiger partial charge in [0.25, 0.3) is 5.91 Å². The van der Waals surface area contributed by atoms with Crippen LogP contribution >= 0.6 is 0 Å². The van der Waals surface area contributed by atoms with E-state index in [0.717, 1.165) is 6.21 Å². The summed E-state index contributed by atoms with van der Waals surface area (Å²) < 4.78 is 11.3. The standard InChI is InChI=1S/C28H34N6O4/c1-17(2)32-25(35)16-37-21-9-7-8-19(13-21)26-31-11-10-24(33-26)34(27(36)38-28(4,5)6)23-14-20(15-29)22(30)12-18(23)3/h7-15,17,29H,16,30H2,1-6H3,(H,32,35). The number of aromatic nitrogens is 2. The van der Waals surface area contributed by atoms with Gasteiger partial charge in [0.05, 0.1) is 5.69 Å². The van der Waals surface area contributed by atoms with Gasteiger partial charge in [-0.1, -0.05) is 12.1 Å². The van der Waals surface area contributed by atoms with Crippen LogP contribution in [0.5, 0.6) is 5.75 Å². The molecule has 4 N–H and O–H groups in total. The summed E-state index contributed by atoms with van der Waals surface area (Å²) in [4.78, 5) is 35.8. The fraction of sp³-hybridized carbons (Fsp3) is 0.321. The number of hydrogen-bond acceptors (Lipinski definition) is 8. The lowest BCUT2D eigenvalue weighted by Crippen LogP contribution is -2.35. The van der Waals surface area contributed by atoms with E-state index in [1.54, 1.807) is 69.4 Å². The number of carbonyl (C=O) groups is 2. The Hall–Kier alpha value is -4.47. The van der Waals surface area contributed by atoms with E-state index in [1.807, 2.05) is 20.8 Å². The fourth-order valence-electron chi connectivity index (χ4n) is 3.57. The number of anilines is 3. The van der Waals surface area contributed by atoms with Gasteiger partial charge < -0.3 is 25.9 Å². The van der Waals surface area contributed by atoms with Gasteiger partial charge >= 0.3 is 6.09 Å². The molecular formula is C28H34N6O4. The van der Waals surface area contributed by atoms with Crippen LogP contribution in [0, 0.1) is 12.3 Å². The number of nitrogens with zero attached hydrogens (tertiary/aromatic N) is 3. The van der Waals surface area contributed by atoms with Crippen molar-refractivity contribution in [2.45, 2.75) is 53.2 Å². The van der Waals surface area contributed by atoms with Crippen LogP contribution in [0.4, 0.5) is 22.0 Å². The molecule has 200 valence electrons. The van der Waals surface area contributed by atoms with E-state index >= 15 is 0 Å². The Morgan fingerprint density at radius 1 is 1.18 bits per heavy atom. The van der Waals surface area contributed by atoms with E-state index in [1.165, 1.54) is 4.90 Å². The van der Waals surface area contributed by atoms with Crippen molar-refractivity contribution in [2.75, 3.05) is 17.2 Å². The third-order valence-electron chi connectivity index (χ3n) is 5.16. The maximum absolute atomic E-state index is 13.4. The molecule has 0 aliphatic carbocycles. The van der Waals surface area contributed by atoms with E-state index in [0.29, 0.717) is 39.6 Å². The Kier molecular flexibility index (Phi) is 8.67. The third kappa shape index (κ3) is 7.28. The van der Waals surface area contributed by atoms with Crippen molar-refractivity contribution in [3.8, 4) is 17.1 Å². The van der Waals surface area contributed by atoms with Gasteiger partial charge in [0.15, 0.2) is 12.4 Å². The maximum Gasteiger partial charge on any atom is 0.420 e. The van der Waals surface area contributed by atoms with Crippen LogP contribution < -0.4 is 20.7 Å². The van der Waals surface area contributed by atoms with Gasteiger partial charge in [-0.15, -0.1) is 0 Å². The zero-order chi connectivity index (χ0) is 28.0. The molecular weight excluding hydrogens is 484 g/mol. The smallest absolute Gasteiger partial charge is 0.420 e. The molecule has 0 spiro atoms. The van der Waals surface area contributed by atoms with Crippen molar-refractivity contribution in [1.29, 1.82) is 5.41 Å². The van der Waals surface area contributed by atoms with E-state index < -0.39 is 11.7 Å². The fourth-order valence-corrected chi connectivity index (χ4v) is 3.57. The molecule has 0 atom stereocenters. The predicted octanol–water partition coefficient (Wildman–Crippen LogP) is 5.01. The molecule has 10 nitrogen and oxygen atoms in total. The molecule has 0 saturated carbocycles. The maximum atomic E-state index is 13.4. The quantitative estimate of drug-likeness (QED) is 0.281. The van der Waals surface area contributed by atoms with Gasteiger partial charge in [0.1, 0.15) is 17.2 Å². The molecule has 2 aromatic carbocycles. The van der Waals surface area contributed by atoms with Crippen molar-refractivity contribution in [3.05, 3.63) is 59.8 Å². The monoisotopic (exact) mass is 518 g/mol. The van der Waals surface area contributed by atoms with Crippen LogP contribution in [0.1, 0.15) is 45.7 Å². The largest absolute Gasteiger partial charge is 0.484 e. The average Bonchev–Trinajstić information content (AvgIpc) is 2.83. The van der Waals surface area contributed by atoms with Crippen molar-refractivity contribution >= 4 is 35.4 Å². The van der Waals surface area contributed by atoms with E-state index in [4.69, 9.17) is 20.6 Å². The minimum atomic E-state index is -0.759. The molecule has 3 aromatic rings. The lowest BCUT2D eigenvalue weighted by molar-refractivity contribution is -0.123. The first kappa shape index (κ1) is 28.1. The Bertz CT molecular complexity index is 1330. The molecule has 0 bridgehead atoms. The molecule has 0 unspecified atom stereocenters. The molecule has 10 heteroatoms. The summed E-state index contributed by atoms with van der Waals surface area (Å²) in [6, 6.07) is 12.0. The van der Waals surface area contributed by atoms with Crippen molar-refractivity contribution in [2.24, 2.45) is 0 Å². The number of nitrogen functional groups attached to an aromatic ring is 1. The molecule has 1 aromatic heterocycles. The number of hydrogen-bond donors (Lipinski definition) is 3. The highest BCUT2D eigenvalue weighted by Gasteiger charge is 2.28. The first-order valence-corrected chi connectivity index (χ1v) is 12.2. The van der Waals surface area contributed by atoms with Crippen LogP contribution in [0.2, 0.25) is 0 Å². The summed E-state index contributed by atoms with van der Waals surface area (Å²) in [7, 11) is 0. The number of carbonyl (C=O) groups excluding carboxylic acids is 2. The number of nitrogens with two attached hydrogens (primary N) is 1. The topological polar surface area (TPSA) is 144 Å². The van der Waals surface area contributed by atoms with Crippen LogP contribution in [-0.4, -0.2) is 46.4 Å². The summed E-state index contributed by atoms with van der Waals surface area (Å²) in [6.45, 7) is 10.8. The minimum absolute atomic E-state index is 0.0151. The van der Waals surface area contributed by atoms with Gasteiger partial charge in [0.2, 0.25) is 0 Å². The Morgan fingerprint density at radius 2 is 1.92 bits per heavy atom. The second kappa shape index (κ2) is 11.7. The normalized spacial score (nSPS) is 11.1. The second-order valence-electron chi connectivity index (χ2n) is 10.0. The lowest BCUT2D eigenvalue weighted by atomic mass is 10.1. The highest BCUT2D eigenvalue weighted by molar-refractivity contribution is 5.98. The van der Waals surface area contributed by atoms with E-state index in [-0.39, 0.29) is 24.4 Å². The number of ether oxygens (including phenoxy) is 2. The highest BCUT2D eigenvalue weighted by Crippen LogP contribution is 2.33. The minimum Gasteiger partial charge on any atom is -0.484 e. The second-order valence-corrected chi connectivity index (χ2v) is 10.0. The molecule has 0 fully saturated rings. The number of amides is 2. The molecule has 0 radical (unpaired) electrons. The first-order chi connectivity index (χ1) is 17.9. The molecule has 0 saturated heterocycles. The summed E-state index contributed by atoms with van der Waals surface area (Å²) >= 11 is 0. The Labute approximate surface area is 222 Å². The highest BCUT2D eigenvalue weighted by atomic mass is 16.6. The molecule has 38 heavy (non-hydrogen) atoms. The Balaban J connectivity index is 2.01. The van der Waals surface area contributed by atoms with Gasteiger partial charge in [-0.05, 0) is 77.4 Å². The zero-order valence-corrected chi connectivity index (χ0v) is 22.5. The zero-order valence-electron chi connectivity index (χ0n) is 22.5. The third-order valence-corrected chi connectivity index (χ3v) is 5.16. The van der Waals surface area contributed by atoms with Crippen molar-refractivity contribution < 1.29 is 19.1 Å². The summed E-state index contributed by atoms with van der Waals surface area (Å²) in [5, 5.41) is 10.5. The van der Waals surface area contributed by atoms with Gasteiger partial charge in [-0.2, -0.15) is 0 Å². The number of rotatable bonds is 8. The number of aryl methyl sites for hydroxylation is 1. The Morgan fingerprint density at radius 3 is 2.58 bits per heavy atom. The van der Waals surface area contributed by atoms with Gasteiger partial charge in [0, 0.05) is 35.3 Å². The summed E-state index contributed by atoms with van der Waals surface area (Å²) in [6.07, 6.45) is 2.03. The SMILES string of the molecule is Cc1cc(N)c(C=N)cc1N(C(=O)OC(C)(C)C)c1ccnc(-c2cccc(OCC(=O)NC(C)C)c2)n1. The lowest BCUT2D eigenvalue weighted by Gasteiger charge is -2.28. The van der Waals surface area contributed by atoms with Crippen LogP contribution in [0.25, 0.3) is 11.4 Å². The van der Waals surface area contributed by atoms with Crippen molar-refractivity contribution in [1.82, 2.24) is 15.3 Å². The summed E-state index contributed by atoms with van der Waals surface area (Å²) in [5.74, 6) is 0.869. The van der Waals surface area contributed by atoms with Crippen LogP contribution in [-0.2, 0) is 9.53 Å². The van der Waals surface area contributed by atoms with E-state index in [9.17, 15) is 9.59 Å². The number of benzene rings is 2. The number of nitrogens with one attached hydrogen (secondary N) is 2. The molecule has 1 heterocycles. The first-order valence-electron chi connectivity index (χ1n) is 12.2.